The van der Waals surface area contributed by atoms with Crippen LogP contribution in [-0.4, -0.2) is 17.4 Å². The highest BCUT2D eigenvalue weighted by molar-refractivity contribution is 5.95. The monoisotopic (exact) mass is 254 g/mol. The average molecular weight is 254 g/mol. The molecule has 0 aliphatic heterocycles. The molecule has 1 aromatic rings. The maximum Gasteiger partial charge on any atom is 0.254 e. The lowest BCUT2D eigenvalue weighted by Crippen LogP contribution is -2.28. The molecule has 1 rings (SSSR count). The first-order chi connectivity index (χ1) is 8.35. The Morgan fingerprint density at radius 1 is 1.50 bits per heavy atom. The summed E-state index contributed by atoms with van der Waals surface area (Å²) in [5, 5.41) is 2.67. The third kappa shape index (κ3) is 3.96. The number of nitrogens with zero attached hydrogens (tertiary/aromatic N) is 1. The number of nitrogens with one attached hydrogen (secondary N) is 2. The summed E-state index contributed by atoms with van der Waals surface area (Å²) in [5.41, 5.74) is 2.16. The van der Waals surface area contributed by atoms with Crippen LogP contribution in [0.2, 0.25) is 0 Å². The molecule has 0 radical (unpaired) electrons. The van der Waals surface area contributed by atoms with E-state index in [1.54, 1.807) is 0 Å². The first kappa shape index (κ1) is 14.4. The van der Waals surface area contributed by atoms with Crippen LogP contribution >= 0.6 is 0 Å². The largest absolute Gasteiger partial charge is 0.352 e. The number of rotatable bonds is 4. The van der Waals surface area contributed by atoms with Gasteiger partial charge in [-0.2, -0.15) is 0 Å². The van der Waals surface area contributed by atoms with E-state index in [0.717, 1.165) is 6.42 Å². The number of hydrogen-bond donors (Lipinski definition) is 3. The molecule has 18 heavy (non-hydrogen) atoms. The van der Waals surface area contributed by atoms with Crippen LogP contribution in [0.4, 0.5) is 10.2 Å². The molecule has 1 aromatic heterocycles. The van der Waals surface area contributed by atoms with Crippen LogP contribution < -0.4 is 16.6 Å². The lowest BCUT2D eigenvalue weighted by atomic mass is 9.92. The van der Waals surface area contributed by atoms with Crippen molar-refractivity contribution in [1.82, 2.24) is 10.3 Å². The molecule has 0 fully saturated rings. The van der Waals surface area contributed by atoms with Crippen molar-refractivity contribution in [2.24, 2.45) is 11.3 Å². The molecule has 4 N–H and O–H groups in total. The lowest BCUT2D eigenvalue weighted by molar-refractivity contribution is 0.0945. The Kier molecular flexibility index (Phi) is 4.61. The van der Waals surface area contributed by atoms with Gasteiger partial charge in [0.1, 0.15) is 0 Å². The van der Waals surface area contributed by atoms with Crippen molar-refractivity contribution in [1.29, 1.82) is 0 Å². The minimum Gasteiger partial charge on any atom is -0.352 e. The van der Waals surface area contributed by atoms with Crippen molar-refractivity contribution in [3.05, 3.63) is 23.6 Å². The standard InChI is InChI=1S/C12H19FN4O/c1-12(2,3)5-7-16-11(18)8-4-6-15-10(17-14)9(8)13/h4,6H,5,7,14H2,1-3H3,(H,15,17)(H,16,18). The molecule has 100 valence electrons. The molecule has 0 unspecified atom stereocenters. The fraction of sp³-hybridized carbons (Fsp3) is 0.500. The molecule has 0 spiro atoms. The van der Waals surface area contributed by atoms with Gasteiger partial charge >= 0.3 is 0 Å². The summed E-state index contributed by atoms with van der Waals surface area (Å²) in [5.74, 6) is 3.75. The third-order valence-corrected chi connectivity index (χ3v) is 2.43. The molecular formula is C12H19FN4O. The maximum absolute atomic E-state index is 13.7. The van der Waals surface area contributed by atoms with Crippen LogP contribution in [0.1, 0.15) is 37.6 Å². The highest BCUT2D eigenvalue weighted by atomic mass is 19.1. The van der Waals surface area contributed by atoms with Crippen LogP contribution in [0.3, 0.4) is 0 Å². The number of aromatic nitrogens is 1. The smallest absolute Gasteiger partial charge is 0.254 e. The Labute approximate surface area is 106 Å². The Morgan fingerprint density at radius 2 is 2.17 bits per heavy atom. The topological polar surface area (TPSA) is 80.0 Å². The molecule has 0 saturated heterocycles. The molecule has 1 amide bonds. The number of amides is 1. The van der Waals surface area contributed by atoms with Gasteiger partial charge in [0.15, 0.2) is 11.6 Å². The fourth-order valence-corrected chi connectivity index (χ4v) is 1.37. The second-order valence-electron chi connectivity index (χ2n) is 5.23. The SMILES string of the molecule is CC(C)(C)CCNC(=O)c1ccnc(NN)c1F. The summed E-state index contributed by atoms with van der Waals surface area (Å²) >= 11 is 0. The van der Waals surface area contributed by atoms with Crippen LogP contribution in [0.5, 0.6) is 0 Å². The molecule has 5 nitrogen and oxygen atoms in total. The van der Waals surface area contributed by atoms with Gasteiger partial charge in [0, 0.05) is 12.7 Å². The number of carbonyl (C=O) groups excluding carboxylic acids is 1. The first-order valence-corrected chi connectivity index (χ1v) is 5.74. The molecule has 0 aliphatic rings. The first-order valence-electron chi connectivity index (χ1n) is 5.74. The predicted molar refractivity (Wildman–Crippen MR) is 68.4 cm³/mol. The highest BCUT2D eigenvalue weighted by Gasteiger charge is 2.16. The number of carbonyl (C=O) groups is 1. The van der Waals surface area contributed by atoms with Crippen molar-refractivity contribution >= 4 is 11.7 Å². The Hall–Kier alpha value is -1.69. The van der Waals surface area contributed by atoms with E-state index in [9.17, 15) is 9.18 Å². The Bertz CT molecular complexity index is 429. The Balaban J connectivity index is 2.68. The van der Waals surface area contributed by atoms with E-state index in [-0.39, 0.29) is 16.8 Å². The summed E-state index contributed by atoms with van der Waals surface area (Å²) < 4.78 is 13.7. The van der Waals surface area contributed by atoms with Crippen LogP contribution in [0, 0.1) is 11.2 Å². The van der Waals surface area contributed by atoms with E-state index in [0.29, 0.717) is 6.54 Å². The zero-order valence-corrected chi connectivity index (χ0v) is 10.9. The van der Waals surface area contributed by atoms with E-state index in [1.165, 1.54) is 12.3 Å². The maximum atomic E-state index is 13.7. The molecule has 1 heterocycles. The van der Waals surface area contributed by atoms with Gasteiger partial charge in [0.2, 0.25) is 0 Å². The fourth-order valence-electron chi connectivity index (χ4n) is 1.37. The average Bonchev–Trinajstić information content (AvgIpc) is 2.27. The quantitative estimate of drug-likeness (QED) is 0.564. The van der Waals surface area contributed by atoms with Gasteiger partial charge in [-0.15, -0.1) is 0 Å². The number of hydrogen-bond acceptors (Lipinski definition) is 4. The number of anilines is 1. The van der Waals surface area contributed by atoms with Crippen molar-refractivity contribution in [2.75, 3.05) is 12.0 Å². The van der Waals surface area contributed by atoms with Gasteiger partial charge in [0.05, 0.1) is 5.56 Å². The molecule has 6 heteroatoms. The van der Waals surface area contributed by atoms with Gasteiger partial charge < -0.3 is 10.7 Å². The minimum absolute atomic E-state index is 0.0631. The van der Waals surface area contributed by atoms with Crippen molar-refractivity contribution < 1.29 is 9.18 Å². The minimum atomic E-state index is -0.742. The van der Waals surface area contributed by atoms with Gasteiger partial charge in [-0.1, -0.05) is 20.8 Å². The number of nitrogens with two attached hydrogens (primary N) is 1. The van der Waals surface area contributed by atoms with E-state index in [4.69, 9.17) is 5.84 Å². The summed E-state index contributed by atoms with van der Waals surface area (Å²) in [6.07, 6.45) is 2.14. The molecular weight excluding hydrogens is 235 g/mol. The zero-order chi connectivity index (χ0) is 13.8. The number of hydrazine groups is 1. The molecule has 0 aliphatic carbocycles. The van der Waals surface area contributed by atoms with Crippen molar-refractivity contribution in [2.45, 2.75) is 27.2 Å². The number of nitrogen functional groups attached to an aromatic ring is 1. The summed E-state index contributed by atoms with van der Waals surface area (Å²) in [4.78, 5) is 15.4. The normalized spacial score (nSPS) is 11.2. The second-order valence-corrected chi connectivity index (χ2v) is 5.23. The van der Waals surface area contributed by atoms with E-state index < -0.39 is 11.7 Å². The number of pyridine rings is 1. The van der Waals surface area contributed by atoms with E-state index in [2.05, 4.69) is 36.5 Å². The van der Waals surface area contributed by atoms with Crippen LogP contribution in [0.25, 0.3) is 0 Å². The molecule has 0 bridgehead atoms. The summed E-state index contributed by atoms with van der Waals surface area (Å²) in [6, 6.07) is 1.32. The van der Waals surface area contributed by atoms with Gasteiger partial charge in [0.25, 0.3) is 5.91 Å². The lowest BCUT2D eigenvalue weighted by Gasteiger charge is -2.18. The summed E-state index contributed by atoms with van der Waals surface area (Å²) in [6.45, 7) is 6.71. The molecule has 0 aromatic carbocycles. The van der Waals surface area contributed by atoms with Gasteiger partial charge in [-0.25, -0.2) is 15.2 Å². The van der Waals surface area contributed by atoms with E-state index in [1.807, 2.05) is 0 Å². The summed E-state index contributed by atoms with van der Waals surface area (Å²) in [7, 11) is 0. The third-order valence-electron chi connectivity index (χ3n) is 2.43. The van der Waals surface area contributed by atoms with Gasteiger partial charge in [-0.3, -0.25) is 4.79 Å². The van der Waals surface area contributed by atoms with Crippen LogP contribution in [-0.2, 0) is 0 Å². The van der Waals surface area contributed by atoms with Crippen molar-refractivity contribution in [3.8, 4) is 0 Å². The highest BCUT2D eigenvalue weighted by Crippen LogP contribution is 2.17. The van der Waals surface area contributed by atoms with Gasteiger partial charge in [-0.05, 0) is 17.9 Å². The predicted octanol–water partition coefficient (Wildman–Crippen LogP) is 1.67. The Morgan fingerprint density at radius 3 is 2.72 bits per heavy atom. The molecule has 0 atom stereocenters. The van der Waals surface area contributed by atoms with Crippen LogP contribution in [0.15, 0.2) is 12.3 Å². The second kappa shape index (κ2) is 5.77. The zero-order valence-electron chi connectivity index (χ0n) is 10.9. The van der Waals surface area contributed by atoms with E-state index >= 15 is 0 Å². The number of halogens is 1. The van der Waals surface area contributed by atoms with Crippen molar-refractivity contribution in [3.63, 3.8) is 0 Å². The molecule has 0 saturated carbocycles.